The maximum Gasteiger partial charge on any atom is 0.286 e. The summed E-state index contributed by atoms with van der Waals surface area (Å²) < 4.78 is 0. The summed E-state index contributed by atoms with van der Waals surface area (Å²) in [4.78, 5) is 26.4. The zero-order valence-electron chi connectivity index (χ0n) is 13.9. The van der Waals surface area contributed by atoms with Gasteiger partial charge in [-0.1, -0.05) is 53.2 Å². The van der Waals surface area contributed by atoms with E-state index in [9.17, 15) is 9.59 Å². The molecule has 0 saturated carbocycles. The van der Waals surface area contributed by atoms with Crippen molar-refractivity contribution in [3.63, 3.8) is 0 Å². The first kappa shape index (κ1) is 17.8. The van der Waals surface area contributed by atoms with Crippen molar-refractivity contribution in [2.24, 2.45) is 0 Å². The van der Waals surface area contributed by atoms with E-state index in [1.165, 1.54) is 11.1 Å². The first-order valence-electron chi connectivity index (χ1n) is 8.13. The molecule has 3 rings (SSSR count). The molecule has 0 atom stereocenters. The van der Waals surface area contributed by atoms with Crippen LogP contribution >= 0.6 is 23.4 Å². The third-order valence-electron chi connectivity index (χ3n) is 4.05. The maximum atomic E-state index is 12.6. The van der Waals surface area contributed by atoms with E-state index < -0.39 is 0 Å². The largest absolute Gasteiger partial charge is 0.324 e. The van der Waals surface area contributed by atoms with Gasteiger partial charge in [0.25, 0.3) is 5.24 Å². The van der Waals surface area contributed by atoms with E-state index in [1.807, 2.05) is 12.1 Å². The number of para-hydroxylation sites is 1. The van der Waals surface area contributed by atoms with Gasteiger partial charge in [-0.25, -0.2) is 0 Å². The van der Waals surface area contributed by atoms with E-state index in [1.54, 1.807) is 29.2 Å². The summed E-state index contributed by atoms with van der Waals surface area (Å²) in [6, 6.07) is 13.2. The molecule has 0 unspecified atom stereocenters. The Morgan fingerprint density at radius 1 is 1.24 bits per heavy atom. The van der Waals surface area contributed by atoms with Gasteiger partial charge in [-0.3, -0.25) is 9.59 Å². The fourth-order valence-corrected chi connectivity index (χ4v) is 3.72. The second-order valence-corrected chi connectivity index (χ2v) is 7.30. The molecule has 2 aromatic carbocycles. The van der Waals surface area contributed by atoms with Crippen molar-refractivity contribution >= 4 is 45.9 Å². The van der Waals surface area contributed by atoms with E-state index in [0.29, 0.717) is 17.3 Å². The van der Waals surface area contributed by atoms with Crippen LogP contribution in [0.15, 0.2) is 42.5 Å². The van der Waals surface area contributed by atoms with Gasteiger partial charge in [0.1, 0.15) is 0 Å². The maximum absolute atomic E-state index is 12.6. The Morgan fingerprint density at radius 3 is 2.84 bits per heavy atom. The molecule has 1 aliphatic heterocycles. The Hall–Kier alpha value is -1.98. The van der Waals surface area contributed by atoms with Gasteiger partial charge in [0.2, 0.25) is 5.91 Å². The van der Waals surface area contributed by atoms with Crippen LogP contribution in [0.25, 0.3) is 0 Å². The van der Waals surface area contributed by atoms with Gasteiger partial charge in [0.15, 0.2) is 0 Å². The molecule has 0 saturated heterocycles. The molecular weight excluding hydrogens is 356 g/mol. The van der Waals surface area contributed by atoms with Crippen molar-refractivity contribution in [1.82, 2.24) is 0 Å². The Bertz CT molecular complexity index is 810. The summed E-state index contributed by atoms with van der Waals surface area (Å²) in [6.45, 7) is 2.74. The van der Waals surface area contributed by atoms with Crippen LogP contribution in [0, 0.1) is 6.92 Å². The Morgan fingerprint density at radius 2 is 2.04 bits per heavy atom. The van der Waals surface area contributed by atoms with Crippen molar-refractivity contribution in [2.75, 3.05) is 22.5 Å². The Labute approximate surface area is 156 Å². The lowest BCUT2D eigenvalue weighted by Crippen LogP contribution is -2.33. The zero-order chi connectivity index (χ0) is 17.8. The number of halogens is 1. The number of rotatable bonds is 3. The molecule has 1 heterocycles. The lowest BCUT2D eigenvalue weighted by atomic mass is 10.0. The van der Waals surface area contributed by atoms with E-state index in [2.05, 4.69) is 18.3 Å². The lowest BCUT2D eigenvalue weighted by molar-refractivity contribution is -0.113. The number of aryl methyl sites for hydroxylation is 2. The topological polar surface area (TPSA) is 49.4 Å². The van der Waals surface area contributed by atoms with Crippen molar-refractivity contribution in [2.45, 2.75) is 19.8 Å². The van der Waals surface area contributed by atoms with Crippen molar-refractivity contribution in [1.29, 1.82) is 0 Å². The number of hydrogen-bond donors (Lipinski definition) is 1. The van der Waals surface area contributed by atoms with E-state index in [4.69, 9.17) is 11.6 Å². The van der Waals surface area contributed by atoms with Gasteiger partial charge in [0, 0.05) is 12.2 Å². The number of nitrogens with zero attached hydrogens (tertiary/aromatic N) is 1. The molecular formula is C19H19ClN2O2S. The predicted molar refractivity (Wildman–Crippen MR) is 105 cm³/mol. The van der Waals surface area contributed by atoms with Crippen LogP contribution in [0.5, 0.6) is 0 Å². The SMILES string of the molecule is Cc1ccc2c(c1)CCCN2C(=O)SCC(=O)Nc1ccccc1Cl. The first-order valence-corrected chi connectivity index (χ1v) is 9.49. The third-order valence-corrected chi connectivity index (χ3v) is 5.25. The van der Waals surface area contributed by atoms with Gasteiger partial charge < -0.3 is 10.2 Å². The number of carbonyl (C=O) groups excluding carboxylic acids is 2. The van der Waals surface area contributed by atoms with Gasteiger partial charge in [-0.05, 0) is 43.5 Å². The number of amides is 2. The zero-order valence-corrected chi connectivity index (χ0v) is 15.5. The highest BCUT2D eigenvalue weighted by molar-refractivity contribution is 8.14. The normalized spacial score (nSPS) is 13.3. The summed E-state index contributed by atoms with van der Waals surface area (Å²) in [5.41, 5.74) is 3.91. The van der Waals surface area contributed by atoms with Gasteiger partial charge in [-0.2, -0.15) is 0 Å². The molecule has 0 aromatic heterocycles. The molecule has 1 aliphatic rings. The molecule has 1 N–H and O–H groups in total. The molecule has 4 nitrogen and oxygen atoms in total. The molecule has 2 amide bonds. The Kier molecular flexibility index (Phi) is 5.66. The minimum atomic E-state index is -0.243. The summed E-state index contributed by atoms with van der Waals surface area (Å²) in [5, 5.41) is 3.11. The molecule has 130 valence electrons. The quantitative estimate of drug-likeness (QED) is 0.831. The molecule has 0 fully saturated rings. The molecule has 25 heavy (non-hydrogen) atoms. The fourth-order valence-electron chi connectivity index (χ4n) is 2.87. The van der Waals surface area contributed by atoms with Gasteiger partial charge in [0.05, 0.1) is 16.5 Å². The number of carbonyl (C=O) groups is 2. The van der Waals surface area contributed by atoms with Crippen molar-refractivity contribution in [3.8, 4) is 0 Å². The third kappa shape index (κ3) is 4.35. The van der Waals surface area contributed by atoms with Crippen LogP contribution in [0.2, 0.25) is 5.02 Å². The fraction of sp³-hybridized carbons (Fsp3) is 0.263. The second kappa shape index (κ2) is 7.93. The van der Waals surface area contributed by atoms with Crippen molar-refractivity contribution in [3.05, 3.63) is 58.6 Å². The number of nitrogens with one attached hydrogen (secondary N) is 1. The second-order valence-electron chi connectivity index (χ2n) is 5.97. The van der Waals surface area contributed by atoms with E-state index >= 15 is 0 Å². The number of hydrogen-bond acceptors (Lipinski definition) is 3. The standard InChI is InChI=1S/C19H19ClN2O2S/c1-13-8-9-17-14(11-13)5-4-10-22(17)19(24)25-12-18(23)21-16-7-3-2-6-15(16)20/h2-3,6-9,11H,4-5,10,12H2,1H3,(H,21,23). The van der Waals surface area contributed by atoms with Crippen LogP contribution in [0.4, 0.5) is 16.2 Å². The van der Waals surface area contributed by atoms with Crippen LogP contribution in [-0.2, 0) is 11.2 Å². The number of anilines is 2. The summed E-state index contributed by atoms with van der Waals surface area (Å²) in [7, 11) is 0. The summed E-state index contributed by atoms with van der Waals surface area (Å²) >= 11 is 7.04. The van der Waals surface area contributed by atoms with Crippen LogP contribution in [0.1, 0.15) is 17.5 Å². The highest BCUT2D eigenvalue weighted by Crippen LogP contribution is 2.30. The summed E-state index contributed by atoms with van der Waals surface area (Å²) in [5.74, 6) is -0.186. The lowest BCUT2D eigenvalue weighted by Gasteiger charge is -2.29. The molecule has 0 spiro atoms. The number of benzene rings is 2. The van der Waals surface area contributed by atoms with Gasteiger partial charge >= 0.3 is 0 Å². The number of thioether (sulfide) groups is 1. The smallest absolute Gasteiger partial charge is 0.286 e. The highest BCUT2D eigenvalue weighted by Gasteiger charge is 2.23. The highest BCUT2D eigenvalue weighted by atomic mass is 35.5. The van der Waals surface area contributed by atoms with Crippen molar-refractivity contribution < 1.29 is 9.59 Å². The summed E-state index contributed by atoms with van der Waals surface area (Å²) in [6.07, 6.45) is 1.92. The molecule has 0 radical (unpaired) electrons. The van der Waals surface area contributed by atoms with Crippen LogP contribution in [0.3, 0.4) is 0 Å². The average Bonchev–Trinajstić information content (AvgIpc) is 2.61. The minimum absolute atomic E-state index is 0.0573. The minimum Gasteiger partial charge on any atom is -0.324 e. The predicted octanol–water partition coefficient (Wildman–Crippen LogP) is 4.89. The Balaban J connectivity index is 1.60. The van der Waals surface area contributed by atoms with Crippen LogP contribution < -0.4 is 10.2 Å². The average molecular weight is 375 g/mol. The monoisotopic (exact) mass is 374 g/mol. The molecule has 2 aromatic rings. The van der Waals surface area contributed by atoms with E-state index in [-0.39, 0.29) is 16.9 Å². The number of fused-ring (bicyclic) bond motifs is 1. The molecule has 0 bridgehead atoms. The van der Waals surface area contributed by atoms with E-state index in [0.717, 1.165) is 30.3 Å². The van der Waals surface area contributed by atoms with Gasteiger partial charge in [-0.15, -0.1) is 0 Å². The molecule has 0 aliphatic carbocycles. The van der Waals surface area contributed by atoms with Crippen LogP contribution in [-0.4, -0.2) is 23.4 Å². The molecule has 6 heteroatoms. The first-order chi connectivity index (χ1) is 12.0.